The smallest absolute Gasteiger partial charge is 0.222 e. The second kappa shape index (κ2) is 7.80. The van der Waals surface area contributed by atoms with Crippen LogP contribution in [0.5, 0.6) is 0 Å². The molecule has 3 heterocycles. The highest BCUT2D eigenvalue weighted by atomic mass is 16.2. The Kier molecular flexibility index (Phi) is 5.06. The molecular formula is C21H23N5O2. The highest BCUT2D eigenvalue weighted by Gasteiger charge is 2.30. The Balaban J connectivity index is 1.40. The van der Waals surface area contributed by atoms with E-state index in [1.807, 2.05) is 47.0 Å². The summed E-state index contributed by atoms with van der Waals surface area (Å²) < 4.78 is 1.92. The normalized spacial score (nSPS) is 16.0. The number of nitrogens with one attached hydrogen (secondary N) is 1. The van der Waals surface area contributed by atoms with E-state index >= 15 is 0 Å². The van der Waals surface area contributed by atoms with Crippen LogP contribution in [0, 0.1) is 0 Å². The molecule has 3 aromatic rings. The molecule has 144 valence electrons. The number of hydrogen-bond donors (Lipinski definition) is 1. The Morgan fingerprint density at radius 2 is 1.96 bits per heavy atom. The Morgan fingerprint density at radius 3 is 2.82 bits per heavy atom. The first-order valence-electron chi connectivity index (χ1n) is 9.54. The zero-order chi connectivity index (χ0) is 19.5. The third kappa shape index (κ3) is 3.60. The SMILES string of the molecule is CC(=O)N1CCc2ccccc2C1CC(=O)NCCc1nnc2ccccn12. The number of rotatable bonds is 5. The highest BCUT2D eigenvalue weighted by molar-refractivity contribution is 5.79. The third-order valence-corrected chi connectivity index (χ3v) is 5.25. The summed E-state index contributed by atoms with van der Waals surface area (Å²) in [7, 11) is 0. The number of hydrogen-bond acceptors (Lipinski definition) is 4. The fourth-order valence-corrected chi connectivity index (χ4v) is 3.87. The quantitative estimate of drug-likeness (QED) is 0.737. The Morgan fingerprint density at radius 1 is 1.14 bits per heavy atom. The molecule has 4 rings (SSSR count). The van der Waals surface area contributed by atoms with Crippen LogP contribution in [0.4, 0.5) is 0 Å². The maximum absolute atomic E-state index is 12.6. The minimum atomic E-state index is -0.212. The topological polar surface area (TPSA) is 79.6 Å². The largest absolute Gasteiger partial charge is 0.356 e. The molecule has 7 heteroatoms. The molecule has 0 fully saturated rings. The Labute approximate surface area is 163 Å². The van der Waals surface area contributed by atoms with Crippen LogP contribution in [-0.4, -0.2) is 44.4 Å². The monoisotopic (exact) mass is 377 g/mol. The van der Waals surface area contributed by atoms with Gasteiger partial charge in [-0.1, -0.05) is 30.3 Å². The average molecular weight is 377 g/mol. The van der Waals surface area contributed by atoms with Gasteiger partial charge in [0, 0.05) is 32.6 Å². The number of carbonyl (C=O) groups is 2. The van der Waals surface area contributed by atoms with Crippen LogP contribution in [0.15, 0.2) is 48.7 Å². The fourth-order valence-electron chi connectivity index (χ4n) is 3.87. The van der Waals surface area contributed by atoms with Crippen molar-refractivity contribution in [1.29, 1.82) is 0 Å². The zero-order valence-electron chi connectivity index (χ0n) is 15.8. The van der Waals surface area contributed by atoms with Crippen LogP contribution in [0.25, 0.3) is 5.65 Å². The zero-order valence-corrected chi connectivity index (χ0v) is 15.8. The van der Waals surface area contributed by atoms with E-state index in [1.165, 1.54) is 5.56 Å². The van der Waals surface area contributed by atoms with E-state index in [2.05, 4.69) is 21.6 Å². The molecule has 1 aliphatic rings. The van der Waals surface area contributed by atoms with Gasteiger partial charge in [0.15, 0.2) is 5.65 Å². The molecule has 1 aliphatic heterocycles. The molecule has 0 radical (unpaired) electrons. The number of nitrogens with zero attached hydrogens (tertiary/aromatic N) is 4. The predicted molar refractivity (Wildman–Crippen MR) is 105 cm³/mol. The summed E-state index contributed by atoms with van der Waals surface area (Å²) in [6.07, 6.45) is 3.59. The summed E-state index contributed by atoms with van der Waals surface area (Å²) in [6, 6.07) is 13.6. The molecular weight excluding hydrogens is 354 g/mol. The Bertz CT molecular complexity index is 1010. The van der Waals surface area contributed by atoms with Gasteiger partial charge in [-0.25, -0.2) is 0 Å². The minimum absolute atomic E-state index is 0.00207. The molecule has 7 nitrogen and oxygen atoms in total. The minimum Gasteiger partial charge on any atom is -0.356 e. The van der Waals surface area contributed by atoms with Crippen molar-refractivity contribution in [3.63, 3.8) is 0 Å². The predicted octanol–water partition coefficient (Wildman–Crippen LogP) is 1.92. The van der Waals surface area contributed by atoms with Gasteiger partial charge in [-0.05, 0) is 29.7 Å². The molecule has 2 amide bonds. The summed E-state index contributed by atoms with van der Waals surface area (Å²) >= 11 is 0. The van der Waals surface area contributed by atoms with Crippen LogP contribution < -0.4 is 5.32 Å². The van der Waals surface area contributed by atoms with Gasteiger partial charge in [-0.2, -0.15) is 0 Å². The van der Waals surface area contributed by atoms with Gasteiger partial charge in [0.1, 0.15) is 5.82 Å². The molecule has 1 atom stereocenters. The lowest BCUT2D eigenvalue weighted by Gasteiger charge is -2.36. The van der Waals surface area contributed by atoms with Crippen molar-refractivity contribution >= 4 is 17.5 Å². The van der Waals surface area contributed by atoms with Gasteiger partial charge in [0.2, 0.25) is 11.8 Å². The van der Waals surface area contributed by atoms with Crippen molar-refractivity contribution in [2.45, 2.75) is 32.2 Å². The summed E-state index contributed by atoms with van der Waals surface area (Å²) in [6.45, 7) is 2.69. The van der Waals surface area contributed by atoms with E-state index in [0.29, 0.717) is 19.5 Å². The second-order valence-corrected chi connectivity index (χ2v) is 7.03. The molecule has 1 aromatic carbocycles. The van der Waals surface area contributed by atoms with Crippen molar-refractivity contribution < 1.29 is 9.59 Å². The van der Waals surface area contributed by atoms with Gasteiger partial charge in [-0.3, -0.25) is 14.0 Å². The van der Waals surface area contributed by atoms with E-state index in [9.17, 15) is 9.59 Å². The first kappa shape index (κ1) is 18.2. The van der Waals surface area contributed by atoms with E-state index in [-0.39, 0.29) is 24.3 Å². The van der Waals surface area contributed by atoms with Crippen molar-refractivity contribution in [1.82, 2.24) is 24.8 Å². The van der Waals surface area contributed by atoms with Crippen LogP contribution in [0.3, 0.4) is 0 Å². The van der Waals surface area contributed by atoms with Crippen molar-refractivity contribution in [3.8, 4) is 0 Å². The van der Waals surface area contributed by atoms with Gasteiger partial charge in [-0.15, -0.1) is 10.2 Å². The number of carbonyl (C=O) groups excluding carboxylic acids is 2. The van der Waals surface area contributed by atoms with E-state index < -0.39 is 0 Å². The Hall–Kier alpha value is -3.22. The first-order chi connectivity index (χ1) is 13.6. The average Bonchev–Trinajstić information content (AvgIpc) is 3.11. The molecule has 1 N–H and O–H groups in total. The lowest BCUT2D eigenvalue weighted by atomic mass is 9.90. The molecule has 0 bridgehead atoms. The summed E-state index contributed by atoms with van der Waals surface area (Å²) in [5, 5.41) is 11.3. The maximum atomic E-state index is 12.6. The van der Waals surface area contributed by atoms with Gasteiger partial charge < -0.3 is 10.2 Å². The molecule has 0 aliphatic carbocycles. The molecule has 2 aromatic heterocycles. The second-order valence-electron chi connectivity index (χ2n) is 7.03. The number of benzene rings is 1. The molecule has 0 spiro atoms. The van der Waals surface area contributed by atoms with Crippen LogP contribution in [0.1, 0.15) is 36.3 Å². The molecule has 28 heavy (non-hydrogen) atoms. The van der Waals surface area contributed by atoms with Gasteiger partial charge in [0.05, 0.1) is 12.5 Å². The standard InChI is InChI=1S/C21H23N5O2/c1-15(27)25-13-10-16-6-2-3-7-17(16)18(25)14-21(28)22-11-9-20-24-23-19-8-4-5-12-26(19)20/h2-8,12,18H,9-11,13-14H2,1H3,(H,22,28). The lowest BCUT2D eigenvalue weighted by Crippen LogP contribution is -2.41. The van der Waals surface area contributed by atoms with Crippen LogP contribution in [-0.2, 0) is 22.4 Å². The van der Waals surface area contributed by atoms with Gasteiger partial charge >= 0.3 is 0 Å². The molecule has 0 saturated carbocycles. The summed E-state index contributed by atoms with van der Waals surface area (Å²) in [5.74, 6) is 0.744. The van der Waals surface area contributed by atoms with E-state index in [1.54, 1.807) is 11.8 Å². The maximum Gasteiger partial charge on any atom is 0.222 e. The molecule has 1 unspecified atom stereocenters. The van der Waals surface area contributed by atoms with Crippen molar-refractivity contribution in [2.24, 2.45) is 0 Å². The van der Waals surface area contributed by atoms with Gasteiger partial charge in [0.25, 0.3) is 0 Å². The van der Waals surface area contributed by atoms with Crippen molar-refractivity contribution in [2.75, 3.05) is 13.1 Å². The van der Waals surface area contributed by atoms with Crippen LogP contribution >= 0.6 is 0 Å². The third-order valence-electron chi connectivity index (χ3n) is 5.25. The number of aromatic nitrogens is 3. The lowest BCUT2D eigenvalue weighted by molar-refractivity contribution is -0.133. The van der Waals surface area contributed by atoms with E-state index in [0.717, 1.165) is 23.5 Å². The van der Waals surface area contributed by atoms with Crippen LogP contribution in [0.2, 0.25) is 0 Å². The first-order valence-corrected chi connectivity index (χ1v) is 9.54. The number of fused-ring (bicyclic) bond motifs is 2. The summed E-state index contributed by atoms with van der Waals surface area (Å²) in [4.78, 5) is 26.5. The highest BCUT2D eigenvalue weighted by Crippen LogP contribution is 2.32. The molecule has 0 saturated heterocycles. The number of pyridine rings is 1. The van der Waals surface area contributed by atoms with E-state index in [4.69, 9.17) is 0 Å². The summed E-state index contributed by atoms with van der Waals surface area (Å²) in [5.41, 5.74) is 3.08. The van der Waals surface area contributed by atoms with Crippen molar-refractivity contribution in [3.05, 3.63) is 65.6 Å². The number of amides is 2. The fraction of sp³-hybridized carbons (Fsp3) is 0.333.